The van der Waals surface area contributed by atoms with E-state index in [1.165, 1.54) is 0 Å². The molecule has 1 aromatic rings. The van der Waals surface area contributed by atoms with E-state index in [1.54, 1.807) is 0 Å². The van der Waals surface area contributed by atoms with Gasteiger partial charge in [0.05, 0.1) is 12.4 Å². The summed E-state index contributed by atoms with van der Waals surface area (Å²) in [6.45, 7) is 3.74. The minimum absolute atomic E-state index is 0. The minimum atomic E-state index is -4.92. The standard InChI is InChI=1S/C9H13N3O6S2.Na/c1-4(2)7-11-12-9(19-7)10-6(13)3-5(8(14)15)20(16,17)18;/h4-5H,3H2,1-2H3,(H,14,15)(H,10,12,13)(H,16,17,18);/q;+1/p-1. The van der Waals surface area contributed by atoms with Gasteiger partial charge in [0.15, 0.2) is 0 Å². The smallest absolute Gasteiger partial charge is 0.549 e. The van der Waals surface area contributed by atoms with Gasteiger partial charge in [-0.3, -0.25) is 9.35 Å². The van der Waals surface area contributed by atoms with E-state index in [4.69, 9.17) is 4.55 Å². The molecule has 1 atom stereocenters. The Bertz CT molecular complexity index is 615. The second kappa shape index (κ2) is 8.15. The Morgan fingerprint density at radius 1 is 1.38 bits per heavy atom. The second-order valence-corrected chi connectivity index (χ2v) is 6.78. The van der Waals surface area contributed by atoms with Crippen molar-refractivity contribution < 1.29 is 57.2 Å². The predicted octanol–water partition coefficient (Wildman–Crippen LogP) is -4.00. The van der Waals surface area contributed by atoms with Crippen LogP contribution in [0.25, 0.3) is 0 Å². The molecule has 0 aliphatic heterocycles. The SMILES string of the molecule is CC(C)c1nnc(NC(=O)CC(C(=O)[O-])S(=O)(=O)O)s1.[Na+]. The van der Waals surface area contributed by atoms with Gasteiger partial charge in [-0.1, -0.05) is 25.2 Å². The van der Waals surface area contributed by atoms with Crippen molar-refractivity contribution in [2.24, 2.45) is 0 Å². The average molecular weight is 345 g/mol. The number of rotatable bonds is 6. The van der Waals surface area contributed by atoms with Gasteiger partial charge in [0.1, 0.15) is 10.3 Å². The molecule has 1 rings (SSSR count). The van der Waals surface area contributed by atoms with Crippen LogP contribution in [0, 0.1) is 0 Å². The van der Waals surface area contributed by atoms with Gasteiger partial charge in [-0.15, -0.1) is 10.2 Å². The first-order valence-corrected chi connectivity index (χ1v) is 7.73. The maximum Gasteiger partial charge on any atom is 1.00 e. The van der Waals surface area contributed by atoms with E-state index < -0.39 is 33.7 Å². The number of aliphatic carboxylic acids is 1. The van der Waals surface area contributed by atoms with Gasteiger partial charge in [0, 0.05) is 5.92 Å². The van der Waals surface area contributed by atoms with Gasteiger partial charge < -0.3 is 15.2 Å². The third kappa shape index (κ3) is 6.36. The van der Waals surface area contributed by atoms with Crippen LogP contribution in [0.4, 0.5) is 5.13 Å². The maximum atomic E-state index is 11.5. The quantitative estimate of drug-likeness (QED) is 0.391. The van der Waals surface area contributed by atoms with Gasteiger partial charge in [-0.25, -0.2) is 0 Å². The normalized spacial score (nSPS) is 12.6. The molecule has 0 saturated carbocycles. The molecule has 0 fully saturated rings. The third-order valence-corrected chi connectivity index (χ3v) is 4.39. The van der Waals surface area contributed by atoms with Crippen molar-refractivity contribution in [2.75, 3.05) is 5.32 Å². The Balaban J connectivity index is 0.00000400. The number of anilines is 1. The third-order valence-electron chi connectivity index (χ3n) is 2.17. The van der Waals surface area contributed by atoms with Crippen LogP contribution in [-0.2, 0) is 19.7 Å². The maximum absolute atomic E-state index is 11.5. The summed E-state index contributed by atoms with van der Waals surface area (Å²) in [5.74, 6) is -2.88. The van der Waals surface area contributed by atoms with Gasteiger partial charge in [0.25, 0.3) is 10.1 Å². The van der Waals surface area contributed by atoms with Crippen LogP contribution >= 0.6 is 11.3 Å². The number of carboxylic acid groups (broad SMARTS) is 1. The van der Waals surface area contributed by atoms with Crippen LogP contribution in [0.3, 0.4) is 0 Å². The molecule has 0 spiro atoms. The van der Waals surface area contributed by atoms with Crippen LogP contribution in [-0.4, -0.2) is 40.3 Å². The fraction of sp³-hybridized carbons (Fsp3) is 0.556. The molecule has 1 unspecified atom stereocenters. The van der Waals surface area contributed by atoms with Crippen molar-refractivity contribution in [1.29, 1.82) is 0 Å². The Morgan fingerprint density at radius 3 is 2.33 bits per heavy atom. The fourth-order valence-electron chi connectivity index (χ4n) is 1.17. The fourth-order valence-corrected chi connectivity index (χ4v) is 2.53. The first-order chi connectivity index (χ1) is 9.11. The number of hydrogen-bond donors (Lipinski definition) is 2. The van der Waals surface area contributed by atoms with Crippen LogP contribution < -0.4 is 40.0 Å². The molecule has 112 valence electrons. The van der Waals surface area contributed by atoms with E-state index in [0.29, 0.717) is 5.01 Å². The zero-order valence-corrected chi connectivity index (χ0v) is 15.2. The van der Waals surface area contributed by atoms with Crippen molar-refractivity contribution in [3.8, 4) is 0 Å². The number of nitrogens with one attached hydrogen (secondary N) is 1. The van der Waals surface area contributed by atoms with Crippen LogP contribution in [0.5, 0.6) is 0 Å². The Hall–Kier alpha value is -0.590. The molecule has 0 aliphatic carbocycles. The number of nitrogens with zero attached hydrogens (tertiary/aromatic N) is 2. The van der Waals surface area contributed by atoms with Crippen molar-refractivity contribution in [3.05, 3.63) is 5.01 Å². The van der Waals surface area contributed by atoms with Crippen LogP contribution in [0.1, 0.15) is 31.2 Å². The van der Waals surface area contributed by atoms with E-state index in [-0.39, 0.29) is 40.6 Å². The van der Waals surface area contributed by atoms with E-state index in [1.807, 2.05) is 13.8 Å². The Morgan fingerprint density at radius 2 is 1.95 bits per heavy atom. The molecular weight excluding hydrogens is 333 g/mol. The van der Waals surface area contributed by atoms with Gasteiger partial charge in [-0.05, 0) is 0 Å². The number of carboxylic acids is 1. The molecular formula is C9H12N3NaO6S2. The van der Waals surface area contributed by atoms with Gasteiger partial charge in [-0.2, -0.15) is 8.42 Å². The summed E-state index contributed by atoms with van der Waals surface area (Å²) < 4.78 is 30.3. The molecule has 2 N–H and O–H groups in total. The Kier molecular flexibility index (Phi) is 7.92. The van der Waals surface area contributed by atoms with Crippen molar-refractivity contribution in [1.82, 2.24) is 10.2 Å². The summed E-state index contributed by atoms with van der Waals surface area (Å²) in [6.07, 6.45) is -0.974. The van der Waals surface area contributed by atoms with E-state index >= 15 is 0 Å². The zero-order chi connectivity index (χ0) is 15.5. The molecule has 0 saturated heterocycles. The first kappa shape index (κ1) is 20.4. The number of carbonyl (C=O) groups excluding carboxylic acids is 2. The summed E-state index contributed by atoms with van der Waals surface area (Å²) in [7, 11) is -4.92. The number of aromatic nitrogens is 2. The summed E-state index contributed by atoms with van der Waals surface area (Å²) in [5, 5.41) is 18.7. The molecule has 0 bridgehead atoms. The first-order valence-electron chi connectivity index (χ1n) is 5.41. The molecule has 21 heavy (non-hydrogen) atoms. The molecule has 1 aromatic heterocycles. The number of carbonyl (C=O) groups is 2. The van der Waals surface area contributed by atoms with E-state index in [0.717, 1.165) is 11.3 Å². The molecule has 1 amide bonds. The number of amides is 1. The molecule has 0 aromatic carbocycles. The van der Waals surface area contributed by atoms with Crippen molar-refractivity contribution in [2.45, 2.75) is 31.4 Å². The van der Waals surface area contributed by atoms with Crippen LogP contribution in [0.2, 0.25) is 0 Å². The van der Waals surface area contributed by atoms with Crippen LogP contribution in [0.15, 0.2) is 0 Å². The van der Waals surface area contributed by atoms with Crippen molar-refractivity contribution >= 4 is 38.5 Å². The minimum Gasteiger partial charge on any atom is -0.549 e. The summed E-state index contributed by atoms with van der Waals surface area (Å²) in [4.78, 5) is 22.1. The van der Waals surface area contributed by atoms with E-state index in [9.17, 15) is 23.1 Å². The Labute approximate surface area is 147 Å². The predicted molar refractivity (Wildman–Crippen MR) is 67.6 cm³/mol. The molecule has 0 radical (unpaired) electrons. The van der Waals surface area contributed by atoms with Crippen molar-refractivity contribution in [3.63, 3.8) is 0 Å². The summed E-state index contributed by atoms with van der Waals surface area (Å²) in [5.41, 5.74) is 0. The topological polar surface area (TPSA) is 149 Å². The average Bonchev–Trinajstić information content (AvgIpc) is 2.72. The summed E-state index contributed by atoms with van der Waals surface area (Å²) in [6, 6.07) is 0. The molecule has 1 heterocycles. The molecule has 9 nitrogen and oxygen atoms in total. The van der Waals surface area contributed by atoms with E-state index in [2.05, 4.69) is 15.5 Å². The van der Waals surface area contributed by atoms with Gasteiger partial charge >= 0.3 is 29.6 Å². The molecule has 0 aliphatic rings. The summed E-state index contributed by atoms with van der Waals surface area (Å²) >= 11 is 1.08. The zero-order valence-electron chi connectivity index (χ0n) is 11.6. The monoisotopic (exact) mass is 345 g/mol. The van der Waals surface area contributed by atoms with Gasteiger partial charge in [0.2, 0.25) is 11.0 Å². The molecule has 12 heteroatoms. The largest absolute Gasteiger partial charge is 1.00 e. The second-order valence-electron chi connectivity index (χ2n) is 4.18. The number of hydrogen-bond acceptors (Lipinski definition) is 8.